The van der Waals surface area contributed by atoms with Crippen LogP contribution in [0.5, 0.6) is 0 Å². The highest BCUT2D eigenvalue weighted by Gasteiger charge is 2.19. The number of benzene rings is 1. The first-order chi connectivity index (χ1) is 8.88. The molecule has 1 aromatic rings. The fraction of sp³-hybridized carbons (Fsp3) is 0.500. The zero-order chi connectivity index (χ0) is 14.5. The zero-order valence-electron chi connectivity index (χ0n) is 11.9. The SMILES string of the molecule is CS[C@@H](C)c1cccc(NC(=O)NC(C)(C)CO)c1. The van der Waals surface area contributed by atoms with E-state index in [0.717, 1.165) is 5.69 Å². The van der Waals surface area contributed by atoms with Crippen LogP contribution in [0, 0.1) is 0 Å². The van der Waals surface area contributed by atoms with E-state index in [9.17, 15) is 4.79 Å². The Labute approximate surface area is 119 Å². The second kappa shape index (κ2) is 6.82. The van der Waals surface area contributed by atoms with Crippen LogP contribution in [-0.4, -0.2) is 29.5 Å². The molecule has 0 aliphatic rings. The van der Waals surface area contributed by atoms with Gasteiger partial charge in [-0.2, -0.15) is 11.8 Å². The predicted octanol–water partition coefficient (Wildman–Crippen LogP) is 3.00. The monoisotopic (exact) mass is 282 g/mol. The van der Waals surface area contributed by atoms with Crippen molar-refractivity contribution in [3.8, 4) is 0 Å². The first-order valence-electron chi connectivity index (χ1n) is 6.21. The molecule has 2 amide bonds. The van der Waals surface area contributed by atoms with Gasteiger partial charge in [0.05, 0.1) is 12.1 Å². The standard InChI is InChI=1S/C14H22N2O2S/c1-10(19-4)11-6-5-7-12(8-11)15-13(18)16-14(2,3)9-17/h5-8,10,17H,9H2,1-4H3,(H2,15,16,18)/t10-/m0/s1. The molecule has 1 aromatic carbocycles. The lowest BCUT2D eigenvalue weighted by Gasteiger charge is -2.23. The minimum atomic E-state index is -0.631. The summed E-state index contributed by atoms with van der Waals surface area (Å²) >= 11 is 1.76. The van der Waals surface area contributed by atoms with E-state index >= 15 is 0 Å². The highest BCUT2D eigenvalue weighted by Crippen LogP contribution is 2.27. The maximum atomic E-state index is 11.8. The van der Waals surface area contributed by atoms with Gasteiger partial charge in [-0.25, -0.2) is 4.79 Å². The second-order valence-corrected chi connectivity index (χ2v) is 6.30. The van der Waals surface area contributed by atoms with E-state index in [0.29, 0.717) is 5.25 Å². The van der Waals surface area contributed by atoms with Crippen molar-refractivity contribution in [1.29, 1.82) is 0 Å². The lowest BCUT2D eigenvalue weighted by Crippen LogP contribution is -2.48. The van der Waals surface area contributed by atoms with Crippen molar-refractivity contribution in [1.82, 2.24) is 5.32 Å². The van der Waals surface area contributed by atoms with Gasteiger partial charge in [-0.3, -0.25) is 0 Å². The Kier molecular flexibility index (Phi) is 5.69. The van der Waals surface area contributed by atoms with Gasteiger partial charge in [0, 0.05) is 10.9 Å². The Morgan fingerprint density at radius 2 is 2.16 bits per heavy atom. The van der Waals surface area contributed by atoms with E-state index in [2.05, 4.69) is 23.8 Å². The molecule has 0 spiro atoms. The quantitative estimate of drug-likeness (QED) is 0.778. The van der Waals surface area contributed by atoms with Gasteiger partial charge < -0.3 is 15.7 Å². The lowest BCUT2D eigenvalue weighted by molar-refractivity contribution is 0.187. The summed E-state index contributed by atoms with van der Waals surface area (Å²) in [5.41, 5.74) is 1.30. The first kappa shape index (κ1) is 15.9. The molecule has 0 aromatic heterocycles. The van der Waals surface area contributed by atoms with Crippen molar-refractivity contribution in [2.24, 2.45) is 0 Å². The summed E-state index contributed by atoms with van der Waals surface area (Å²) < 4.78 is 0. The van der Waals surface area contributed by atoms with Gasteiger partial charge in [0.2, 0.25) is 0 Å². The Morgan fingerprint density at radius 3 is 2.74 bits per heavy atom. The van der Waals surface area contributed by atoms with Gasteiger partial charge in [-0.15, -0.1) is 0 Å². The summed E-state index contributed by atoms with van der Waals surface area (Å²) in [6.45, 7) is 5.54. The highest BCUT2D eigenvalue weighted by molar-refractivity contribution is 7.98. The number of hydrogen-bond acceptors (Lipinski definition) is 3. The second-order valence-electron chi connectivity index (χ2n) is 5.12. The van der Waals surface area contributed by atoms with Crippen LogP contribution in [0.15, 0.2) is 24.3 Å². The summed E-state index contributed by atoms with van der Waals surface area (Å²) in [4.78, 5) is 11.8. The number of nitrogens with one attached hydrogen (secondary N) is 2. The Hall–Kier alpha value is -1.20. The highest BCUT2D eigenvalue weighted by atomic mass is 32.2. The van der Waals surface area contributed by atoms with Crippen LogP contribution in [-0.2, 0) is 0 Å². The van der Waals surface area contributed by atoms with Crippen molar-refractivity contribution in [2.45, 2.75) is 31.6 Å². The number of carbonyl (C=O) groups is 1. The molecule has 1 atom stereocenters. The minimum Gasteiger partial charge on any atom is -0.394 e. The minimum absolute atomic E-state index is 0.107. The molecule has 4 nitrogen and oxygen atoms in total. The van der Waals surface area contributed by atoms with Crippen molar-refractivity contribution < 1.29 is 9.90 Å². The van der Waals surface area contributed by atoms with Gasteiger partial charge in [0.1, 0.15) is 0 Å². The normalized spacial score (nSPS) is 12.9. The number of anilines is 1. The van der Waals surface area contributed by atoms with E-state index in [1.165, 1.54) is 5.56 Å². The van der Waals surface area contributed by atoms with Crippen LogP contribution in [0.4, 0.5) is 10.5 Å². The summed E-state index contributed by atoms with van der Waals surface area (Å²) in [7, 11) is 0. The number of urea groups is 1. The zero-order valence-corrected chi connectivity index (χ0v) is 12.7. The number of carbonyl (C=O) groups excluding carboxylic acids is 1. The van der Waals surface area contributed by atoms with Gasteiger partial charge in [-0.1, -0.05) is 12.1 Å². The summed E-state index contributed by atoms with van der Waals surface area (Å²) in [5, 5.41) is 15.0. The Balaban J connectivity index is 2.69. The van der Waals surface area contributed by atoms with Crippen molar-refractivity contribution in [3.05, 3.63) is 29.8 Å². The van der Waals surface area contributed by atoms with Crippen molar-refractivity contribution >= 4 is 23.5 Å². The van der Waals surface area contributed by atoms with Crippen LogP contribution in [0.2, 0.25) is 0 Å². The third-order valence-corrected chi connectivity index (χ3v) is 3.79. The Morgan fingerprint density at radius 1 is 1.47 bits per heavy atom. The third kappa shape index (κ3) is 5.12. The predicted molar refractivity (Wildman–Crippen MR) is 81.7 cm³/mol. The third-order valence-electron chi connectivity index (χ3n) is 2.81. The average molecular weight is 282 g/mol. The molecule has 5 heteroatoms. The number of hydrogen-bond donors (Lipinski definition) is 3. The van der Waals surface area contributed by atoms with Crippen LogP contribution < -0.4 is 10.6 Å². The number of aliphatic hydroxyl groups excluding tert-OH is 1. The summed E-state index contributed by atoms with van der Waals surface area (Å²) in [6, 6.07) is 7.47. The van der Waals surface area contributed by atoms with Gasteiger partial charge in [0.25, 0.3) is 0 Å². The molecule has 0 fully saturated rings. The molecule has 0 radical (unpaired) electrons. The fourth-order valence-electron chi connectivity index (χ4n) is 1.51. The van der Waals surface area contributed by atoms with Gasteiger partial charge in [-0.05, 0) is 44.7 Å². The molecule has 0 bridgehead atoms. The topological polar surface area (TPSA) is 61.4 Å². The maximum Gasteiger partial charge on any atom is 0.319 e. The smallest absolute Gasteiger partial charge is 0.319 e. The molecule has 1 rings (SSSR count). The molecule has 0 unspecified atom stereocenters. The van der Waals surface area contributed by atoms with Gasteiger partial charge in [0.15, 0.2) is 0 Å². The van der Waals surface area contributed by atoms with E-state index < -0.39 is 5.54 Å². The van der Waals surface area contributed by atoms with E-state index in [-0.39, 0.29) is 12.6 Å². The number of thioether (sulfide) groups is 1. The van der Waals surface area contributed by atoms with E-state index in [4.69, 9.17) is 5.11 Å². The lowest BCUT2D eigenvalue weighted by atomic mass is 10.1. The van der Waals surface area contributed by atoms with E-state index in [1.54, 1.807) is 25.6 Å². The first-order valence-corrected chi connectivity index (χ1v) is 7.49. The summed E-state index contributed by atoms with van der Waals surface area (Å²) in [6.07, 6.45) is 2.06. The van der Waals surface area contributed by atoms with Crippen molar-refractivity contribution in [3.63, 3.8) is 0 Å². The average Bonchev–Trinajstić information content (AvgIpc) is 2.37. The molecular weight excluding hydrogens is 260 g/mol. The van der Waals surface area contributed by atoms with Crippen molar-refractivity contribution in [2.75, 3.05) is 18.2 Å². The molecule has 0 aliphatic carbocycles. The van der Waals surface area contributed by atoms with Crippen LogP contribution >= 0.6 is 11.8 Å². The van der Waals surface area contributed by atoms with Crippen LogP contribution in [0.25, 0.3) is 0 Å². The van der Waals surface area contributed by atoms with Crippen LogP contribution in [0.3, 0.4) is 0 Å². The molecule has 106 valence electrons. The molecule has 19 heavy (non-hydrogen) atoms. The molecule has 0 aliphatic heterocycles. The van der Waals surface area contributed by atoms with Crippen LogP contribution in [0.1, 0.15) is 31.6 Å². The number of rotatable bonds is 5. The number of amides is 2. The molecule has 0 saturated heterocycles. The number of aliphatic hydroxyl groups is 1. The molecule has 0 heterocycles. The summed E-state index contributed by atoms with van der Waals surface area (Å²) in [5.74, 6) is 0. The molecule has 0 saturated carbocycles. The van der Waals surface area contributed by atoms with E-state index in [1.807, 2.05) is 24.3 Å². The molecular formula is C14H22N2O2S. The largest absolute Gasteiger partial charge is 0.394 e. The van der Waals surface area contributed by atoms with Gasteiger partial charge >= 0.3 is 6.03 Å². The Bertz CT molecular complexity index is 435. The fourth-order valence-corrected chi connectivity index (χ4v) is 1.93. The molecule has 3 N–H and O–H groups in total. The maximum absolute atomic E-state index is 11.8.